The number of carbonyl (C=O) groups is 1. The Morgan fingerprint density at radius 2 is 1.56 bits per heavy atom. The molecular weight excluding hydrogens is 954 g/mol. The van der Waals surface area contributed by atoms with Crippen molar-refractivity contribution in [3.8, 4) is 35.4 Å². The number of pyridine rings is 1. The van der Waals surface area contributed by atoms with Gasteiger partial charge in [0.15, 0.2) is 12.6 Å². The van der Waals surface area contributed by atoms with Crippen LogP contribution >= 0.6 is 0 Å². The molecule has 23 heteroatoms. The molecule has 4 aromatic rings. The topological polar surface area (TPSA) is 112 Å². The number of alkyl halides is 9. The van der Waals surface area contributed by atoms with Gasteiger partial charge in [-0.05, 0) is 102 Å². The summed E-state index contributed by atoms with van der Waals surface area (Å²) >= 11 is 0. The molecule has 1 aliphatic carbocycles. The van der Waals surface area contributed by atoms with Gasteiger partial charge >= 0.3 is 36.2 Å². The van der Waals surface area contributed by atoms with Crippen LogP contribution in [-0.2, 0) is 20.6 Å². The second-order valence-electron chi connectivity index (χ2n) is 19.3. The van der Waals surface area contributed by atoms with Crippen molar-refractivity contribution in [3.05, 3.63) is 47.2 Å². The van der Waals surface area contributed by atoms with Gasteiger partial charge in [0, 0.05) is 55.7 Å². The fraction of sp³-hybridized carbons (Fsp3) is 0.574. The van der Waals surface area contributed by atoms with E-state index in [9.17, 15) is 44.3 Å². The molecule has 2 saturated heterocycles. The number of rotatable bonds is 12. The van der Waals surface area contributed by atoms with Gasteiger partial charge in [-0.3, -0.25) is 0 Å². The number of piperazine rings is 1. The molecule has 1 amide bonds. The van der Waals surface area contributed by atoms with Crippen molar-refractivity contribution < 1.29 is 76.8 Å². The Bertz CT molecular complexity index is 2640. The van der Waals surface area contributed by atoms with Crippen molar-refractivity contribution >= 4 is 33.6 Å². The van der Waals surface area contributed by atoms with E-state index in [1.807, 2.05) is 9.80 Å². The van der Waals surface area contributed by atoms with Crippen LogP contribution < -0.4 is 14.4 Å². The summed E-state index contributed by atoms with van der Waals surface area (Å²) in [5, 5.41) is 0.919. The van der Waals surface area contributed by atoms with Crippen LogP contribution in [0.25, 0.3) is 32.9 Å². The standard InChI is InChI=1S/C47H49F11N6O6/c1-6-30-32(48)9-7-27-19-29(68-25-66-5)20-31(34(27)30)37-36(49)38-35-33(59-37)10-8-28-21-63(41(65)70-42(2,3)4)17-18-64(28)39(35)61-40(60-38)67-24-43(13-14-43)23-62-15-11-26(12-16-62)22-69-44(45(50,51)52,46(53,54)55)47(56,57)58/h1,7,9,19-20,26,28H,8,10-18,21-25H2,2-5H3. The quantitative estimate of drug-likeness (QED) is 0.0769. The lowest BCUT2D eigenvalue weighted by molar-refractivity contribution is -0.458. The average Bonchev–Trinajstić information content (AvgIpc) is 4.06. The highest BCUT2D eigenvalue weighted by Crippen LogP contribution is 2.55. The molecule has 70 heavy (non-hydrogen) atoms. The molecule has 5 heterocycles. The Labute approximate surface area is 394 Å². The van der Waals surface area contributed by atoms with Crippen LogP contribution in [0, 0.1) is 35.3 Å². The minimum absolute atomic E-state index is 0.00283. The summed E-state index contributed by atoms with van der Waals surface area (Å²) < 4.78 is 181. The number of aryl methyl sites for hydroxylation is 1. The van der Waals surface area contributed by atoms with E-state index in [4.69, 9.17) is 35.3 Å². The zero-order valence-electron chi connectivity index (χ0n) is 38.4. The molecule has 2 aromatic heterocycles. The Morgan fingerprint density at radius 3 is 2.17 bits per heavy atom. The maximum absolute atomic E-state index is 17.6. The second-order valence-corrected chi connectivity index (χ2v) is 19.3. The van der Waals surface area contributed by atoms with Crippen molar-refractivity contribution in [1.82, 2.24) is 24.8 Å². The number of likely N-dealkylation sites (tertiary alicyclic amines) is 1. The number of amides is 1. The first-order chi connectivity index (χ1) is 32.8. The summed E-state index contributed by atoms with van der Waals surface area (Å²) in [4.78, 5) is 33.1. The third-order valence-corrected chi connectivity index (χ3v) is 13.2. The Balaban J connectivity index is 1.09. The van der Waals surface area contributed by atoms with Crippen molar-refractivity contribution in [3.63, 3.8) is 0 Å². The number of fused-ring (bicyclic) bond motifs is 3. The Hall–Kier alpha value is -5.47. The summed E-state index contributed by atoms with van der Waals surface area (Å²) in [5.74, 6) is 0.286. The molecule has 1 unspecified atom stereocenters. The highest BCUT2D eigenvalue weighted by molar-refractivity contribution is 6.03. The molecule has 0 radical (unpaired) electrons. The van der Waals surface area contributed by atoms with E-state index in [0.29, 0.717) is 48.1 Å². The number of carbonyl (C=O) groups excluding carboxylic acids is 1. The Kier molecular flexibility index (Phi) is 13.5. The van der Waals surface area contributed by atoms with Crippen LogP contribution in [0.15, 0.2) is 24.3 Å². The largest absolute Gasteiger partial charge is 0.468 e. The van der Waals surface area contributed by atoms with E-state index in [0.717, 1.165) is 0 Å². The maximum Gasteiger partial charge on any atom is 0.435 e. The third-order valence-electron chi connectivity index (χ3n) is 13.2. The number of methoxy groups -OCH3 is 1. The summed E-state index contributed by atoms with van der Waals surface area (Å²) in [6.07, 6.45) is -13.2. The van der Waals surface area contributed by atoms with Gasteiger partial charge < -0.3 is 38.4 Å². The fourth-order valence-corrected chi connectivity index (χ4v) is 9.46. The van der Waals surface area contributed by atoms with Crippen LogP contribution in [0.1, 0.15) is 64.1 Å². The van der Waals surface area contributed by atoms with Gasteiger partial charge in [0.25, 0.3) is 0 Å². The molecule has 3 aliphatic heterocycles. The number of anilines is 1. The second kappa shape index (κ2) is 18.6. The summed E-state index contributed by atoms with van der Waals surface area (Å²) in [5.41, 5.74) is -7.60. The van der Waals surface area contributed by atoms with Crippen molar-refractivity contribution in [2.75, 3.05) is 71.3 Å². The number of aromatic nitrogens is 3. The summed E-state index contributed by atoms with van der Waals surface area (Å²) in [7, 11) is 1.42. The van der Waals surface area contributed by atoms with Crippen LogP contribution in [-0.4, -0.2) is 133 Å². The first-order valence-electron chi connectivity index (χ1n) is 22.5. The van der Waals surface area contributed by atoms with Crippen LogP contribution in [0.2, 0.25) is 0 Å². The lowest BCUT2D eigenvalue weighted by Gasteiger charge is -2.41. The number of halogens is 11. The predicted octanol–water partition coefficient (Wildman–Crippen LogP) is 9.77. The Morgan fingerprint density at radius 1 is 0.871 bits per heavy atom. The van der Waals surface area contributed by atoms with Gasteiger partial charge in [0.1, 0.15) is 34.2 Å². The molecule has 0 N–H and O–H groups in total. The van der Waals surface area contributed by atoms with Gasteiger partial charge in [0.2, 0.25) is 0 Å². The van der Waals surface area contributed by atoms with Crippen molar-refractivity contribution in [1.29, 1.82) is 0 Å². The van der Waals surface area contributed by atoms with Crippen molar-refractivity contribution in [2.45, 2.75) is 95.1 Å². The number of ether oxygens (including phenoxy) is 5. The molecule has 3 fully saturated rings. The van der Waals surface area contributed by atoms with E-state index in [-0.39, 0.29) is 111 Å². The van der Waals surface area contributed by atoms with Gasteiger partial charge in [-0.1, -0.05) is 12.0 Å². The minimum atomic E-state index is -6.81. The summed E-state index contributed by atoms with van der Waals surface area (Å²) in [6, 6.07) is 5.20. The average molecular weight is 1000 g/mol. The van der Waals surface area contributed by atoms with Gasteiger partial charge in [0.05, 0.1) is 29.9 Å². The van der Waals surface area contributed by atoms with Crippen LogP contribution in [0.4, 0.5) is 58.9 Å². The SMILES string of the molecule is C#Cc1c(F)ccc2cc(OCOC)cc(-c3nc4c5c(nc(OCC6(CN7CCC(COC(C(F)(F)F)(C(F)(F)F)C(F)(F)F)CC7)CC6)nc5c3F)N3CCN(C(=O)OC(C)(C)C)CC3CC4)c12. The van der Waals surface area contributed by atoms with Crippen LogP contribution in [0.5, 0.6) is 11.8 Å². The first-order valence-corrected chi connectivity index (χ1v) is 22.5. The molecule has 8 rings (SSSR count). The number of hydrogen-bond acceptors (Lipinski definition) is 11. The van der Waals surface area contributed by atoms with Crippen LogP contribution in [0.3, 0.4) is 0 Å². The highest BCUT2D eigenvalue weighted by atomic mass is 19.4. The number of hydrogen-bond donors (Lipinski definition) is 0. The van der Waals surface area contributed by atoms with E-state index >= 15 is 8.78 Å². The van der Waals surface area contributed by atoms with Gasteiger partial charge in [-0.2, -0.15) is 49.5 Å². The number of nitrogens with zero attached hydrogens (tertiary/aromatic N) is 6. The van der Waals surface area contributed by atoms with E-state index in [2.05, 4.69) is 15.6 Å². The molecule has 0 bridgehead atoms. The molecule has 1 saturated carbocycles. The smallest absolute Gasteiger partial charge is 0.435 e. The van der Waals surface area contributed by atoms with Crippen molar-refractivity contribution in [2.24, 2.45) is 11.3 Å². The molecule has 4 aliphatic rings. The number of benzene rings is 2. The summed E-state index contributed by atoms with van der Waals surface area (Å²) in [6.45, 7) is 5.06. The molecule has 0 spiro atoms. The molecule has 380 valence electrons. The lowest BCUT2D eigenvalue weighted by Crippen LogP contribution is -2.68. The molecule has 12 nitrogen and oxygen atoms in total. The molecule has 2 aromatic carbocycles. The zero-order chi connectivity index (χ0) is 50.8. The highest BCUT2D eigenvalue weighted by Gasteiger charge is 2.85. The number of piperidine rings is 1. The fourth-order valence-electron chi connectivity index (χ4n) is 9.46. The minimum Gasteiger partial charge on any atom is -0.468 e. The molecule has 1 atom stereocenters. The monoisotopic (exact) mass is 1000 g/mol. The lowest BCUT2D eigenvalue weighted by atomic mass is 9.95. The van der Waals surface area contributed by atoms with E-state index in [1.165, 1.54) is 25.3 Å². The van der Waals surface area contributed by atoms with E-state index < -0.39 is 65.4 Å². The normalized spacial score (nSPS) is 19.2. The predicted molar refractivity (Wildman–Crippen MR) is 231 cm³/mol. The third kappa shape index (κ3) is 9.79. The van der Waals surface area contributed by atoms with Gasteiger partial charge in [-0.15, -0.1) is 6.42 Å². The van der Waals surface area contributed by atoms with E-state index in [1.54, 1.807) is 31.7 Å². The molecular formula is C47H49F11N6O6. The number of terminal acetylenes is 1. The first kappa shape index (κ1) is 50.9. The van der Waals surface area contributed by atoms with Gasteiger partial charge in [-0.25, -0.2) is 18.6 Å². The zero-order valence-corrected chi connectivity index (χ0v) is 38.4. The maximum atomic E-state index is 17.6.